The van der Waals surface area contributed by atoms with Crippen molar-refractivity contribution in [3.8, 4) is 0 Å². The average molecular weight is 469 g/mol. The van der Waals surface area contributed by atoms with Crippen LogP contribution < -0.4 is 15.5 Å². The topological polar surface area (TPSA) is 102 Å². The summed E-state index contributed by atoms with van der Waals surface area (Å²) >= 11 is 0. The lowest BCUT2D eigenvalue weighted by Crippen LogP contribution is -2.49. The van der Waals surface area contributed by atoms with Crippen LogP contribution in [0.2, 0.25) is 0 Å². The number of aromatic nitrogens is 5. The van der Waals surface area contributed by atoms with Crippen LogP contribution in [-0.2, 0) is 29.0 Å². The summed E-state index contributed by atoms with van der Waals surface area (Å²) in [6.45, 7) is 13.6. The number of hydrogen-bond acceptors (Lipinski definition) is 9. The van der Waals surface area contributed by atoms with E-state index in [0.29, 0.717) is 50.8 Å². The minimum Gasteiger partial charge on any atom is -0.380 e. The average Bonchev–Trinajstić information content (AvgIpc) is 3.20. The van der Waals surface area contributed by atoms with Crippen LogP contribution in [0.1, 0.15) is 39.1 Å². The van der Waals surface area contributed by atoms with Crippen LogP contribution in [0, 0.1) is 0 Å². The molecular weight excluding hydrogens is 432 g/mol. The van der Waals surface area contributed by atoms with Crippen LogP contribution in [-0.4, -0.2) is 70.2 Å². The molecule has 1 atom stereocenters. The predicted molar refractivity (Wildman–Crippen MR) is 134 cm³/mol. The first-order valence-corrected chi connectivity index (χ1v) is 12.3. The predicted octanol–water partition coefficient (Wildman–Crippen LogP) is 2.90. The first-order chi connectivity index (χ1) is 16.6. The molecule has 34 heavy (non-hydrogen) atoms. The van der Waals surface area contributed by atoms with E-state index in [4.69, 9.17) is 29.5 Å². The lowest BCUT2D eigenvalue weighted by Gasteiger charge is -2.32. The summed E-state index contributed by atoms with van der Waals surface area (Å²) < 4.78 is 13.3. The molecular formula is C24H36N8O2. The van der Waals surface area contributed by atoms with Crippen LogP contribution >= 0.6 is 0 Å². The maximum atomic E-state index is 5.73. The van der Waals surface area contributed by atoms with Crippen molar-refractivity contribution in [2.24, 2.45) is 0 Å². The van der Waals surface area contributed by atoms with Crippen molar-refractivity contribution in [2.75, 3.05) is 49.7 Å². The number of piperazine rings is 1. The first-order valence-electron chi connectivity index (χ1n) is 12.3. The summed E-state index contributed by atoms with van der Waals surface area (Å²) in [5.74, 6) is 2.14. The molecule has 0 radical (unpaired) electrons. The molecule has 3 aromatic heterocycles. The first kappa shape index (κ1) is 24.3. The summed E-state index contributed by atoms with van der Waals surface area (Å²) in [4.78, 5) is 16.9. The molecule has 184 valence electrons. The van der Waals surface area contributed by atoms with Gasteiger partial charge in [0.25, 0.3) is 0 Å². The molecule has 0 aromatic carbocycles. The van der Waals surface area contributed by atoms with Gasteiger partial charge in [-0.25, -0.2) is 9.97 Å². The normalized spacial score (nSPS) is 16.4. The Labute approximate surface area is 201 Å². The number of nitrogens with one attached hydrogen (secondary N) is 2. The van der Waals surface area contributed by atoms with Crippen molar-refractivity contribution in [2.45, 2.75) is 53.3 Å². The van der Waals surface area contributed by atoms with E-state index in [1.165, 1.54) is 0 Å². The Kier molecular flexibility index (Phi) is 8.25. The number of anilines is 3. The van der Waals surface area contributed by atoms with Crippen molar-refractivity contribution in [3.05, 3.63) is 29.6 Å². The molecule has 10 heteroatoms. The highest BCUT2D eigenvalue weighted by Crippen LogP contribution is 2.29. The van der Waals surface area contributed by atoms with Crippen molar-refractivity contribution in [1.29, 1.82) is 0 Å². The van der Waals surface area contributed by atoms with Gasteiger partial charge in [0.2, 0.25) is 5.95 Å². The Morgan fingerprint density at radius 3 is 2.74 bits per heavy atom. The SMILES string of the molecule is CCOCCn1nc(COCC)c2nc(N3CCNC(C)C3)nc(Nc3cccc(CC)n3)c21. The van der Waals surface area contributed by atoms with Gasteiger partial charge in [-0.2, -0.15) is 10.1 Å². The van der Waals surface area contributed by atoms with Gasteiger partial charge in [0.05, 0.1) is 19.8 Å². The summed E-state index contributed by atoms with van der Waals surface area (Å²) in [5.41, 5.74) is 3.46. The smallest absolute Gasteiger partial charge is 0.228 e. The Bertz CT molecular complexity index is 1090. The molecule has 1 saturated heterocycles. The third-order valence-electron chi connectivity index (χ3n) is 5.81. The van der Waals surface area contributed by atoms with Crippen LogP contribution in [0.4, 0.5) is 17.6 Å². The summed E-state index contributed by atoms with van der Waals surface area (Å²) in [6, 6.07) is 6.37. The number of fused-ring (bicyclic) bond motifs is 1. The van der Waals surface area contributed by atoms with Crippen molar-refractivity contribution < 1.29 is 9.47 Å². The highest BCUT2D eigenvalue weighted by atomic mass is 16.5. The van der Waals surface area contributed by atoms with Gasteiger partial charge in [0, 0.05) is 44.6 Å². The Morgan fingerprint density at radius 1 is 1.12 bits per heavy atom. The van der Waals surface area contributed by atoms with Gasteiger partial charge in [-0.15, -0.1) is 0 Å². The molecule has 1 unspecified atom stereocenters. The lowest BCUT2D eigenvalue weighted by atomic mass is 10.2. The zero-order chi connectivity index (χ0) is 23.9. The molecule has 1 aliphatic heterocycles. The van der Waals surface area contributed by atoms with E-state index in [1.54, 1.807) is 0 Å². The van der Waals surface area contributed by atoms with Gasteiger partial charge in [0.15, 0.2) is 5.82 Å². The molecule has 4 rings (SSSR count). The monoisotopic (exact) mass is 468 g/mol. The van der Waals surface area contributed by atoms with Gasteiger partial charge in [-0.05, 0) is 39.3 Å². The Morgan fingerprint density at radius 2 is 1.97 bits per heavy atom. The Hall–Kier alpha value is -2.82. The van der Waals surface area contributed by atoms with Gasteiger partial charge in [-0.1, -0.05) is 13.0 Å². The maximum Gasteiger partial charge on any atom is 0.228 e. The van der Waals surface area contributed by atoms with Crippen molar-refractivity contribution in [3.63, 3.8) is 0 Å². The van der Waals surface area contributed by atoms with E-state index >= 15 is 0 Å². The molecule has 0 aliphatic carbocycles. The van der Waals surface area contributed by atoms with E-state index in [2.05, 4.69) is 29.4 Å². The largest absolute Gasteiger partial charge is 0.380 e. The van der Waals surface area contributed by atoms with Crippen molar-refractivity contribution >= 4 is 28.6 Å². The van der Waals surface area contributed by atoms with Crippen LogP contribution in [0.15, 0.2) is 18.2 Å². The van der Waals surface area contributed by atoms with Crippen molar-refractivity contribution in [1.82, 2.24) is 30.0 Å². The number of aryl methyl sites for hydroxylation is 1. The number of ether oxygens (including phenoxy) is 2. The fourth-order valence-electron chi connectivity index (χ4n) is 4.09. The van der Waals surface area contributed by atoms with Gasteiger partial charge >= 0.3 is 0 Å². The zero-order valence-corrected chi connectivity index (χ0v) is 20.7. The fourth-order valence-corrected chi connectivity index (χ4v) is 4.09. The number of nitrogens with zero attached hydrogens (tertiary/aromatic N) is 6. The third kappa shape index (κ3) is 5.63. The van der Waals surface area contributed by atoms with E-state index in [1.807, 2.05) is 36.7 Å². The second kappa shape index (κ2) is 11.5. The van der Waals surface area contributed by atoms with E-state index in [-0.39, 0.29) is 0 Å². The number of hydrogen-bond donors (Lipinski definition) is 2. The molecule has 0 bridgehead atoms. The maximum absolute atomic E-state index is 5.73. The van der Waals surface area contributed by atoms with E-state index in [0.717, 1.165) is 54.3 Å². The van der Waals surface area contributed by atoms with Gasteiger partial charge < -0.3 is 25.0 Å². The standard InChI is InChI=1S/C24H36N8O2/c1-5-18-9-8-10-20(26-18)27-23-22-21(28-24(29-23)31-12-11-25-17(4)15-31)19(16-34-7-3)30-32(22)13-14-33-6-2/h8-10,17,25H,5-7,11-16H2,1-4H3,(H,26,27,28,29). The molecule has 4 heterocycles. The zero-order valence-electron chi connectivity index (χ0n) is 20.7. The van der Waals surface area contributed by atoms with Crippen LogP contribution in [0.3, 0.4) is 0 Å². The lowest BCUT2D eigenvalue weighted by molar-refractivity contribution is 0.128. The fraction of sp³-hybridized carbons (Fsp3) is 0.583. The summed E-state index contributed by atoms with van der Waals surface area (Å²) in [6.07, 6.45) is 0.864. The minimum atomic E-state index is 0.365. The van der Waals surface area contributed by atoms with E-state index < -0.39 is 0 Å². The third-order valence-corrected chi connectivity index (χ3v) is 5.81. The second-order valence-corrected chi connectivity index (χ2v) is 8.37. The number of pyridine rings is 1. The minimum absolute atomic E-state index is 0.365. The van der Waals surface area contributed by atoms with Crippen LogP contribution in [0.5, 0.6) is 0 Å². The molecule has 0 spiro atoms. The second-order valence-electron chi connectivity index (χ2n) is 8.37. The summed E-state index contributed by atoms with van der Waals surface area (Å²) in [7, 11) is 0. The van der Waals surface area contributed by atoms with Crippen LogP contribution in [0.25, 0.3) is 11.0 Å². The molecule has 10 nitrogen and oxygen atoms in total. The molecule has 0 saturated carbocycles. The molecule has 3 aromatic rings. The molecule has 1 aliphatic rings. The molecule has 2 N–H and O–H groups in total. The van der Waals surface area contributed by atoms with E-state index in [9.17, 15) is 0 Å². The molecule has 1 fully saturated rings. The highest BCUT2D eigenvalue weighted by molar-refractivity contribution is 5.90. The Balaban J connectivity index is 1.82. The van der Waals surface area contributed by atoms with Gasteiger partial charge in [-0.3, -0.25) is 4.68 Å². The van der Waals surface area contributed by atoms with Gasteiger partial charge in [0.1, 0.15) is 22.5 Å². The highest BCUT2D eigenvalue weighted by Gasteiger charge is 2.24. The number of rotatable bonds is 11. The summed E-state index contributed by atoms with van der Waals surface area (Å²) in [5, 5.41) is 11.8. The quantitative estimate of drug-likeness (QED) is 0.411. The molecule has 0 amide bonds.